The highest BCUT2D eigenvalue weighted by Gasteiger charge is 2.11. The molecule has 0 unspecified atom stereocenters. The highest BCUT2D eigenvalue weighted by atomic mass is 79.9. The Labute approximate surface area is 102 Å². The number of benzene rings is 1. The zero-order chi connectivity index (χ0) is 12.3. The summed E-state index contributed by atoms with van der Waals surface area (Å²) < 4.78 is 0.929. The van der Waals surface area contributed by atoms with Crippen LogP contribution in [-0.2, 0) is 9.59 Å². The van der Waals surface area contributed by atoms with Gasteiger partial charge in [0.25, 0.3) is 0 Å². The van der Waals surface area contributed by atoms with Crippen LogP contribution in [0.2, 0.25) is 0 Å². The fraction of sp³-hybridized carbons (Fsp3) is 0.273. The molecule has 0 atom stereocenters. The van der Waals surface area contributed by atoms with Gasteiger partial charge in [-0.15, -0.1) is 0 Å². The van der Waals surface area contributed by atoms with E-state index >= 15 is 0 Å². The van der Waals surface area contributed by atoms with Crippen LogP contribution >= 0.6 is 15.9 Å². The smallest absolute Gasteiger partial charge is 0.312 e. The van der Waals surface area contributed by atoms with Gasteiger partial charge in [0.1, 0.15) is 6.42 Å². The molecule has 5 heteroatoms. The molecule has 86 valence electrons. The fourth-order valence-corrected chi connectivity index (χ4v) is 2.12. The molecule has 0 heterocycles. The van der Waals surface area contributed by atoms with E-state index in [1.54, 1.807) is 0 Å². The Hall–Kier alpha value is -1.36. The van der Waals surface area contributed by atoms with Crippen molar-refractivity contribution in [2.45, 2.75) is 20.3 Å². The van der Waals surface area contributed by atoms with Crippen LogP contribution in [0.1, 0.15) is 17.5 Å². The van der Waals surface area contributed by atoms with Crippen LogP contribution in [0, 0.1) is 13.8 Å². The van der Waals surface area contributed by atoms with Crippen molar-refractivity contribution in [2.24, 2.45) is 0 Å². The van der Waals surface area contributed by atoms with Crippen LogP contribution < -0.4 is 5.32 Å². The highest BCUT2D eigenvalue weighted by Crippen LogP contribution is 2.25. The predicted molar refractivity (Wildman–Crippen MR) is 64.5 cm³/mol. The largest absolute Gasteiger partial charge is 0.481 e. The molecule has 0 spiro atoms. The van der Waals surface area contributed by atoms with Crippen molar-refractivity contribution in [3.63, 3.8) is 0 Å². The van der Waals surface area contributed by atoms with Crippen molar-refractivity contribution in [1.82, 2.24) is 0 Å². The summed E-state index contributed by atoms with van der Waals surface area (Å²) >= 11 is 3.35. The number of nitrogens with one attached hydrogen (secondary N) is 1. The minimum Gasteiger partial charge on any atom is -0.481 e. The van der Waals surface area contributed by atoms with Crippen LogP contribution in [0.25, 0.3) is 0 Å². The second-order valence-electron chi connectivity index (χ2n) is 3.53. The number of anilines is 1. The number of carboxylic acid groups (broad SMARTS) is 1. The molecule has 4 nitrogen and oxygen atoms in total. The summed E-state index contributed by atoms with van der Waals surface area (Å²) in [6.45, 7) is 3.71. The van der Waals surface area contributed by atoms with Crippen molar-refractivity contribution in [3.05, 3.63) is 27.7 Å². The molecule has 0 aliphatic rings. The zero-order valence-electron chi connectivity index (χ0n) is 9.00. The van der Waals surface area contributed by atoms with E-state index in [4.69, 9.17) is 5.11 Å². The molecular weight excluding hydrogens is 274 g/mol. The molecule has 1 amide bonds. The van der Waals surface area contributed by atoms with Crippen molar-refractivity contribution in [3.8, 4) is 0 Å². The summed E-state index contributed by atoms with van der Waals surface area (Å²) in [7, 11) is 0. The first-order valence-corrected chi connectivity index (χ1v) is 5.48. The molecule has 0 bridgehead atoms. The molecule has 16 heavy (non-hydrogen) atoms. The Morgan fingerprint density at radius 2 is 1.81 bits per heavy atom. The van der Waals surface area contributed by atoms with Gasteiger partial charge < -0.3 is 10.4 Å². The van der Waals surface area contributed by atoms with Crippen LogP contribution in [0.3, 0.4) is 0 Å². The van der Waals surface area contributed by atoms with Crippen molar-refractivity contribution in [1.29, 1.82) is 0 Å². The molecule has 1 rings (SSSR count). The number of halogens is 1. The van der Waals surface area contributed by atoms with Gasteiger partial charge in [0, 0.05) is 10.2 Å². The first-order chi connectivity index (χ1) is 7.40. The van der Waals surface area contributed by atoms with Crippen LogP contribution in [-0.4, -0.2) is 17.0 Å². The van der Waals surface area contributed by atoms with E-state index in [1.165, 1.54) is 0 Å². The van der Waals surface area contributed by atoms with E-state index in [1.807, 2.05) is 26.0 Å². The molecular formula is C11H12BrNO3. The normalized spacial score (nSPS) is 9.94. The van der Waals surface area contributed by atoms with Gasteiger partial charge in [0.15, 0.2) is 0 Å². The topological polar surface area (TPSA) is 66.4 Å². The van der Waals surface area contributed by atoms with E-state index in [0.717, 1.165) is 15.6 Å². The van der Waals surface area contributed by atoms with E-state index < -0.39 is 18.3 Å². The van der Waals surface area contributed by atoms with Gasteiger partial charge in [0.05, 0.1) is 0 Å². The van der Waals surface area contributed by atoms with Gasteiger partial charge in [-0.2, -0.15) is 0 Å². The average Bonchev–Trinajstić information content (AvgIpc) is 2.09. The van der Waals surface area contributed by atoms with Gasteiger partial charge in [-0.05, 0) is 37.1 Å². The number of carbonyl (C=O) groups is 2. The molecule has 0 aliphatic carbocycles. The summed E-state index contributed by atoms with van der Waals surface area (Å²) in [6, 6.07) is 3.73. The zero-order valence-corrected chi connectivity index (χ0v) is 10.6. The molecule has 0 aliphatic heterocycles. The Balaban J connectivity index is 2.89. The van der Waals surface area contributed by atoms with Crippen LogP contribution in [0.4, 0.5) is 5.69 Å². The summed E-state index contributed by atoms with van der Waals surface area (Å²) in [5.74, 6) is -1.65. The third-order valence-corrected chi connectivity index (χ3v) is 2.53. The second-order valence-corrected chi connectivity index (χ2v) is 4.45. The summed E-state index contributed by atoms with van der Waals surface area (Å²) in [6.07, 6.45) is -0.519. The molecule has 0 fully saturated rings. The number of carbonyl (C=O) groups excluding carboxylic acids is 1. The fourth-order valence-electron chi connectivity index (χ4n) is 1.43. The summed E-state index contributed by atoms with van der Waals surface area (Å²) in [5, 5.41) is 11.1. The third-order valence-electron chi connectivity index (χ3n) is 2.07. The maximum atomic E-state index is 11.3. The van der Waals surface area contributed by atoms with Gasteiger partial charge in [-0.1, -0.05) is 15.9 Å². The first kappa shape index (κ1) is 12.7. The molecule has 0 radical (unpaired) electrons. The van der Waals surface area contributed by atoms with Crippen molar-refractivity contribution < 1.29 is 14.7 Å². The van der Waals surface area contributed by atoms with Crippen LogP contribution in [0.5, 0.6) is 0 Å². The number of carboxylic acids is 1. The Morgan fingerprint density at radius 3 is 2.25 bits per heavy atom. The van der Waals surface area contributed by atoms with Crippen LogP contribution in [0.15, 0.2) is 16.6 Å². The summed E-state index contributed by atoms with van der Waals surface area (Å²) in [5.41, 5.74) is 2.46. The third kappa shape index (κ3) is 3.34. The van der Waals surface area contributed by atoms with Crippen molar-refractivity contribution in [2.75, 3.05) is 5.32 Å². The van der Waals surface area contributed by atoms with E-state index in [-0.39, 0.29) is 0 Å². The molecule has 2 N–H and O–H groups in total. The van der Waals surface area contributed by atoms with E-state index in [9.17, 15) is 9.59 Å². The Morgan fingerprint density at radius 1 is 1.31 bits per heavy atom. The molecule has 1 aromatic rings. The Kier molecular flexibility index (Phi) is 4.06. The monoisotopic (exact) mass is 285 g/mol. The first-order valence-electron chi connectivity index (χ1n) is 4.68. The van der Waals surface area contributed by atoms with E-state index in [2.05, 4.69) is 21.2 Å². The summed E-state index contributed by atoms with van der Waals surface area (Å²) in [4.78, 5) is 21.7. The molecule has 0 saturated carbocycles. The second kappa shape index (κ2) is 5.12. The van der Waals surface area contributed by atoms with Gasteiger partial charge in [-0.3, -0.25) is 9.59 Å². The van der Waals surface area contributed by atoms with Crippen molar-refractivity contribution >= 4 is 33.5 Å². The molecule has 0 saturated heterocycles. The lowest BCUT2D eigenvalue weighted by atomic mass is 10.1. The molecule has 1 aromatic carbocycles. The number of hydrogen-bond acceptors (Lipinski definition) is 2. The maximum absolute atomic E-state index is 11.3. The SMILES string of the molecule is Cc1cc(Br)cc(C)c1NC(=O)CC(=O)O. The lowest BCUT2D eigenvalue weighted by Crippen LogP contribution is -2.17. The Bertz CT molecular complexity index is 420. The lowest BCUT2D eigenvalue weighted by molar-refractivity contribution is -0.139. The highest BCUT2D eigenvalue weighted by molar-refractivity contribution is 9.10. The van der Waals surface area contributed by atoms with Gasteiger partial charge >= 0.3 is 5.97 Å². The minimum absolute atomic E-state index is 0.513. The average molecular weight is 286 g/mol. The van der Waals surface area contributed by atoms with Gasteiger partial charge in [0.2, 0.25) is 5.91 Å². The number of rotatable bonds is 3. The minimum atomic E-state index is -1.13. The molecule has 0 aromatic heterocycles. The maximum Gasteiger partial charge on any atom is 0.312 e. The predicted octanol–water partition coefficient (Wildman–Crippen LogP) is 2.48. The number of aryl methyl sites for hydroxylation is 2. The number of amides is 1. The number of aliphatic carboxylic acids is 1. The quantitative estimate of drug-likeness (QED) is 0.839. The lowest BCUT2D eigenvalue weighted by Gasteiger charge is -2.11. The van der Waals surface area contributed by atoms with E-state index in [0.29, 0.717) is 5.69 Å². The number of hydrogen-bond donors (Lipinski definition) is 2. The van der Waals surface area contributed by atoms with Gasteiger partial charge in [-0.25, -0.2) is 0 Å². The standard InChI is InChI=1S/C11H12BrNO3/c1-6-3-8(12)4-7(2)11(6)13-9(14)5-10(15)16/h3-4H,5H2,1-2H3,(H,13,14)(H,15,16).